The normalized spacial score (nSPS) is 23.0. The number of nitrogens with one attached hydrogen (secondary N) is 1. The highest BCUT2D eigenvalue weighted by atomic mass is 16.2. The van der Waals surface area contributed by atoms with Gasteiger partial charge in [-0.05, 0) is 39.2 Å². The van der Waals surface area contributed by atoms with Crippen LogP contribution in [0, 0.1) is 5.41 Å². The van der Waals surface area contributed by atoms with Crippen molar-refractivity contribution >= 4 is 5.91 Å². The summed E-state index contributed by atoms with van der Waals surface area (Å²) in [6.45, 7) is 11.9. The van der Waals surface area contributed by atoms with Crippen LogP contribution in [0.15, 0.2) is 0 Å². The monoisotopic (exact) mass is 226 g/mol. The van der Waals surface area contributed by atoms with Crippen molar-refractivity contribution in [3.8, 4) is 0 Å². The molecule has 0 aliphatic carbocycles. The number of hydrogen-bond donors (Lipinski definition) is 1. The summed E-state index contributed by atoms with van der Waals surface area (Å²) in [5, 5.41) is 3.09. The van der Waals surface area contributed by atoms with E-state index in [1.807, 2.05) is 11.9 Å². The Morgan fingerprint density at radius 1 is 1.31 bits per heavy atom. The van der Waals surface area contributed by atoms with Crippen molar-refractivity contribution in [2.45, 2.75) is 59.0 Å². The third kappa shape index (κ3) is 2.97. The zero-order chi connectivity index (χ0) is 12.6. The Bertz CT molecular complexity index is 266. The Morgan fingerprint density at radius 3 is 2.25 bits per heavy atom. The predicted molar refractivity (Wildman–Crippen MR) is 67.3 cm³/mol. The molecule has 0 radical (unpaired) electrons. The van der Waals surface area contributed by atoms with Crippen LogP contribution in [0.4, 0.5) is 0 Å². The maximum Gasteiger partial charge on any atom is 0.240 e. The van der Waals surface area contributed by atoms with Crippen LogP contribution in [0.25, 0.3) is 0 Å². The molecule has 1 saturated heterocycles. The zero-order valence-corrected chi connectivity index (χ0v) is 11.6. The van der Waals surface area contributed by atoms with E-state index in [1.165, 1.54) is 0 Å². The van der Waals surface area contributed by atoms with Gasteiger partial charge in [-0.15, -0.1) is 0 Å². The first kappa shape index (κ1) is 13.5. The smallest absolute Gasteiger partial charge is 0.240 e. The highest BCUT2D eigenvalue weighted by Crippen LogP contribution is 2.33. The topological polar surface area (TPSA) is 32.3 Å². The first-order valence-corrected chi connectivity index (χ1v) is 6.16. The lowest BCUT2D eigenvalue weighted by atomic mass is 9.81. The minimum absolute atomic E-state index is 0.0271. The van der Waals surface area contributed by atoms with Crippen molar-refractivity contribution in [3.05, 3.63) is 0 Å². The molecule has 1 aliphatic heterocycles. The SMILES string of the molecule is CNC1CCN(C(C)(C)CC(C)(C)C)C1=O. The Kier molecular flexibility index (Phi) is 3.68. The second-order valence-electron chi connectivity index (χ2n) is 6.67. The van der Waals surface area contributed by atoms with Crippen LogP contribution < -0.4 is 5.32 Å². The van der Waals surface area contributed by atoms with Gasteiger partial charge in [-0.3, -0.25) is 4.79 Å². The van der Waals surface area contributed by atoms with Crippen molar-refractivity contribution in [1.82, 2.24) is 10.2 Å². The van der Waals surface area contributed by atoms with E-state index < -0.39 is 0 Å². The van der Waals surface area contributed by atoms with Gasteiger partial charge in [0.15, 0.2) is 0 Å². The number of hydrogen-bond acceptors (Lipinski definition) is 2. The van der Waals surface area contributed by atoms with E-state index in [1.54, 1.807) is 0 Å². The minimum Gasteiger partial charge on any atom is -0.336 e. The van der Waals surface area contributed by atoms with Crippen molar-refractivity contribution in [2.75, 3.05) is 13.6 Å². The van der Waals surface area contributed by atoms with Crippen LogP contribution in [0.3, 0.4) is 0 Å². The van der Waals surface area contributed by atoms with Crippen molar-refractivity contribution in [3.63, 3.8) is 0 Å². The van der Waals surface area contributed by atoms with E-state index in [2.05, 4.69) is 39.9 Å². The summed E-state index contributed by atoms with van der Waals surface area (Å²) in [5.74, 6) is 0.261. The summed E-state index contributed by atoms with van der Waals surface area (Å²) in [5.41, 5.74) is 0.211. The predicted octanol–water partition coefficient (Wildman–Crippen LogP) is 2.02. The molecule has 0 spiro atoms. The Hall–Kier alpha value is -0.570. The number of amides is 1. The summed E-state index contributed by atoms with van der Waals surface area (Å²) in [4.78, 5) is 14.2. The number of rotatable bonds is 3. The fourth-order valence-electron chi connectivity index (χ4n) is 2.94. The molecular weight excluding hydrogens is 200 g/mol. The summed E-state index contributed by atoms with van der Waals surface area (Å²) >= 11 is 0. The number of likely N-dealkylation sites (N-methyl/N-ethyl adjacent to an activating group) is 1. The van der Waals surface area contributed by atoms with Crippen LogP contribution in [-0.2, 0) is 4.79 Å². The van der Waals surface area contributed by atoms with Gasteiger partial charge in [-0.1, -0.05) is 20.8 Å². The third-order valence-electron chi connectivity index (χ3n) is 3.25. The molecule has 1 fully saturated rings. The van der Waals surface area contributed by atoms with Gasteiger partial charge in [0.2, 0.25) is 5.91 Å². The molecule has 0 aromatic rings. The molecule has 1 unspecified atom stereocenters. The van der Waals surface area contributed by atoms with E-state index in [0.717, 1.165) is 19.4 Å². The van der Waals surface area contributed by atoms with Crippen molar-refractivity contribution < 1.29 is 4.79 Å². The molecule has 1 heterocycles. The molecule has 1 N–H and O–H groups in total. The number of nitrogens with zero attached hydrogens (tertiary/aromatic N) is 1. The summed E-state index contributed by atoms with van der Waals surface area (Å²) < 4.78 is 0. The third-order valence-corrected chi connectivity index (χ3v) is 3.25. The summed E-state index contributed by atoms with van der Waals surface area (Å²) in [7, 11) is 1.86. The minimum atomic E-state index is -0.0407. The van der Waals surface area contributed by atoms with Gasteiger partial charge in [0.1, 0.15) is 0 Å². The van der Waals surface area contributed by atoms with Gasteiger partial charge >= 0.3 is 0 Å². The average molecular weight is 226 g/mol. The average Bonchev–Trinajstić information content (AvgIpc) is 2.42. The molecule has 3 nitrogen and oxygen atoms in total. The maximum atomic E-state index is 12.1. The van der Waals surface area contributed by atoms with Gasteiger partial charge in [-0.25, -0.2) is 0 Å². The summed E-state index contributed by atoms with van der Waals surface area (Å²) in [6, 6.07) is 0.0271. The van der Waals surface area contributed by atoms with Crippen LogP contribution in [0.5, 0.6) is 0 Å². The molecule has 0 saturated carbocycles. The van der Waals surface area contributed by atoms with E-state index >= 15 is 0 Å². The second-order valence-corrected chi connectivity index (χ2v) is 6.67. The lowest BCUT2D eigenvalue weighted by Gasteiger charge is -2.40. The molecule has 1 atom stereocenters. The van der Waals surface area contributed by atoms with E-state index in [-0.39, 0.29) is 22.9 Å². The summed E-state index contributed by atoms with van der Waals surface area (Å²) in [6.07, 6.45) is 1.96. The Morgan fingerprint density at radius 2 is 1.88 bits per heavy atom. The zero-order valence-electron chi connectivity index (χ0n) is 11.6. The van der Waals surface area contributed by atoms with Gasteiger partial charge < -0.3 is 10.2 Å². The number of carbonyl (C=O) groups excluding carboxylic acids is 1. The van der Waals surface area contributed by atoms with E-state index in [0.29, 0.717) is 0 Å². The lowest BCUT2D eigenvalue weighted by Crippen LogP contribution is -2.49. The van der Waals surface area contributed by atoms with Gasteiger partial charge in [0, 0.05) is 12.1 Å². The second kappa shape index (κ2) is 4.36. The molecule has 94 valence electrons. The molecule has 0 aromatic heterocycles. The van der Waals surface area contributed by atoms with E-state index in [4.69, 9.17) is 0 Å². The lowest BCUT2D eigenvalue weighted by molar-refractivity contribution is -0.134. The molecule has 16 heavy (non-hydrogen) atoms. The molecule has 1 aliphatic rings. The van der Waals surface area contributed by atoms with Gasteiger partial charge in [0.05, 0.1) is 6.04 Å². The first-order chi connectivity index (χ1) is 7.17. The maximum absolute atomic E-state index is 12.1. The molecule has 1 rings (SSSR count). The Labute approximate surface area is 99.6 Å². The van der Waals surface area contributed by atoms with Crippen LogP contribution in [0.1, 0.15) is 47.5 Å². The first-order valence-electron chi connectivity index (χ1n) is 6.16. The Balaban J connectivity index is 2.74. The van der Waals surface area contributed by atoms with Crippen molar-refractivity contribution in [1.29, 1.82) is 0 Å². The standard InChI is InChI=1S/C13H26N2O/c1-12(2,3)9-13(4,5)15-8-7-10(14-6)11(15)16/h10,14H,7-9H2,1-6H3. The molecule has 0 bridgehead atoms. The quantitative estimate of drug-likeness (QED) is 0.798. The van der Waals surface area contributed by atoms with Crippen LogP contribution in [0.2, 0.25) is 0 Å². The fourth-order valence-corrected chi connectivity index (χ4v) is 2.94. The number of likely N-dealkylation sites (tertiary alicyclic amines) is 1. The highest BCUT2D eigenvalue weighted by molar-refractivity contribution is 5.84. The van der Waals surface area contributed by atoms with E-state index in [9.17, 15) is 4.79 Å². The highest BCUT2D eigenvalue weighted by Gasteiger charge is 2.40. The molecular formula is C13H26N2O. The molecule has 3 heteroatoms. The van der Waals surface area contributed by atoms with Crippen molar-refractivity contribution in [2.24, 2.45) is 5.41 Å². The molecule has 1 amide bonds. The fraction of sp³-hybridized carbons (Fsp3) is 0.923. The van der Waals surface area contributed by atoms with Crippen LogP contribution >= 0.6 is 0 Å². The van der Waals surface area contributed by atoms with Crippen LogP contribution in [-0.4, -0.2) is 36.0 Å². The van der Waals surface area contributed by atoms with Gasteiger partial charge in [-0.2, -0.15) is 0 Å². The molecule has 0 aromatic carbocycles. The largest absolute Gasteiger partial charge is 0.336 e. The van der Waals surface area contributed by atoms with Gasteiger partial charge in [0.25, 0.3) is 0 Å². The number of carbonyl (C=O) groups is 1.